The van der Waals surface area contributed by atoms with Crippen LogP contribution in [0.1, 0.15) is 27.2 Å². The van der Waals surface area contributed by atoms with Crippen LogP contribution >= 0.6 is 11.6 Å². The summed E-state index contributed by atoms with van der Waals surface area (Å²) in [5, 5.41) is 2.62. The molecule has 1 unspecified atom stereocenters. The van der Waals surface area contributed by atoms with Crippen LogP contribution < -0.4 is 15.8 Å². The lowest BCUT2D eigenvalue weighted by molar-refractivity contribution is -0.114. The minimum Gasteiger partial charge on any atom is -0.485 e. The van der Waals surface area contributed by atoms with E-state index in [9.17, 15) is 14.0 Å². The zero-order valence-electron chi connectivity index (χ0n) is 16.4. The molecule has 29 heavy (non-hydrogen) atoms. The van der Waals surface area contributed by atoms with Gasteiger partial charge < -0.3 is 20.5 Å². The number of rotatable bonds is 8. The number of halogens is 2. The number of anilines is 1. The highest BCUT2D eigenvalue weighted by Gasteiger charge is 2.19. The minimum atomic E-state index is -0.922. The molecule has 156 valence electrons. The van der Waals surface area contributed by atoms with E-state index in [0.717, 1.165) is 0 Å². The van der Waals surface area contributed by atoms with Crippen LogP contribution in [0.3, 0.4) is 0 Å². The Balaban J connectivity index is 2.20. The second-order valence-corrected chi connectivity index (χ2v) is 7.29. The molecule has 2 aromatic rings. The molecule has 9 heteroatoms. The molecule has 0 fully saturated rings. The quantitative estimate of drug-likeness (QED) is 0.655. The van der Waals surface area contributed by atoms with Crippen LogP contribution in [0, 0.1) is 11.7 Å². The number of carbonyl (C=O) groups excluding carboxylic acids is 2. The van der Waals surface area contributed by atoms with E-state index in [1.807, 2.05) is 13.8 Å². The molecule has 2 amide bonds. The molecule has 3 N–H and O–H groups in total. The van der Waals surface area contributed by atoms with Crippen LogP contribution in [0.5, 0.6) is 5.75 Å². The van der Waals surface area contributed by atoms with E-state index in [1.54, 1.807) is 18.2 Å². The smallest absolute Gasteiger partial charge is 0.404 e. The van der Waals surface area contributed by atoms with Gasteiger partial charge in [-0.15, -0.1) is 0 Å². The Morgan fingerprint density at radius 2 is 2.00 bits per heavy atom. The Morgan fingerprint density at radius 1 is 1.28 bits per heavy atom. The molecule has 2 rings (SSSR count). The van der Waals surface area contributed by atoms with Gasteiger partial charge >= 0.3 is 6.09 Å². The Morgan fingerprint density at radius 3 is 2.59 bits per heavy atom. The van der Waals surface area contributed by atoms with Crippen LogP contribution in [0.2, 0.25) is 5.02 Å². The van der Waals surface area contributed by atoms with Gasteiger partial charge in [0.2, 0.25) is 5.91 Å². The summed E-state index contributed by atoms with van der Waals surface area (Å²) in [6.45, 7) is 5.18. The van der Waals surface area contributed by atoms with Crippen molar-refractivity contribution in [3.63, 3.8) is 0 Å². The molecule has 0 aliphatic heterocycles. The molecular formula is C20H23ClFN3O4. The molecule has 0 spiro atoms. The maximum atomic E-state index is 14.7. The van der Waals surface area contributed by atoms with Crippen LogP contribution in [0.25, 0.3) is 11.1 Å². The number of nitrogens with one attached hydrogen (secondary N) is 1. The van der Waals surface area contributed by atoms with Crippen molar-refractivity contribution in [1.29, 1.82) is 0 Å². The van der Waals surface area contributed by atoms with Crippen LogP contribution in [-0.4, -0.2) is 29.7 Å². The third kappa shape index (κ3) is 6.90. The fourth-order valence-electron chi connectivity index (χ4n) is 2.74. The summed E-state index contributed by atoms with van der Waals surface area (Å²) in [6.07, 6.45) is 0.453. The number of carbonyl (C=O) groups is 2. The number of ether oxygens (including phenoxy) is 2. The lowest BCUT2D eigenvalue weighted by Gasteiger charge is -2.20. The molecule has 0 aliphatic rings. The summed E-state index contributed by atoms with van der Waals surface area (Å²) in [5.41, 5.74) is 6.18. The zero-order valence-corrected chi connectivity index (χ0v) is 17.1. The highest BCUT2D eigenvalue weighted by atomic mass is 35.5. The molecule has 0 aliphatic carbocycles. The third-order valence-corrected chi connectivity index (χ3v) is 4.11. The van der Waals surface area contributed by atoms with Crippen LogP contribution in [0.15, 0.2) is 30.5 Å². The monoisotopic (exact) mass is 423 g/mol. The van der Waals surface area contributed by atoms with Crippen molar-refractivity contribution < 1.29 is 23.5 Å². The maximum Gasteiger partial charge on any atom is 0.404 e. The average Bonchev–Trinajstić information content (AvgIpc) is 2.59. The third-order valence-electron chi connectivity index (χ3n) is 3.83. The topological polar surface area (TPSA) is 104 Å². The van der Waals surface area contributed by atoms with Crippen molar-refractivity contribution in [2.75, 3.05) is 11.9 Å². The van der Waals surface area contributed by atoms with Gasteiger partial charge in [-0.2, -0.15) is 0 Å². The number of primary amides is 1. The SMILES string of the molecule is CC(=O)Nc1cc(-c2cc(F)c(OCC(CC(C)C)OC(N)=O)c(Cl)c2)ccn1. The van der Waals surface area contributed by atoms with Gasteiger partial charge in [0.15, 0.2) is 11.6 Å². The maximum absolute atomic E-state index is 14.7. The van der Waals surface area contributed by atoms with Gasteiger partial charge in [0.25, 0.3) is 0 Å². The van der Waals surface area contributed by atoms with Crippen molar-refractivity contribution in [3.8, 4) is 16.9 Å². The number of hydrogen-bond donors (Lipinski definition) is 2. The second-order valence-electron chi connectivity index (χ2n) is 6.88. The predicted molar refractivity (Wildman–Crippen MR) is 108 cm³/mol. The summed E-state index contributed by atoms with van der Waals surface area (Å²) < 4.78 is 25.2. The van der Waals surface area contributed by atoms with E-state index in [1.165, 1.54) is 19.2 Å². The van der Waals surface area contributed by atoms with Gasteiger partial charge in [-0.1, -0.05) is 25.4 Å². The fourth-order valence-corrected chi connectivity index (χ4v) is 3.00. The van der Waals surface area contributed by atoms with Crippen molar-refractivity contribution in [2.24, 2.45) is 11.7 Å². The Hall–Kier alpha value is -2.87. The van der Waals surface area contributed by atoms with Gasteiger partial charge in [0.1, 0.15) is 18.5 Å². The highest BCUT2D eigenvalue weighted by molar-refractivity contribution is 6.32. The van der Waals surface area contributed by atoms with Gasteiger partial charge in [-0.25, -0.2) is 14.2 Å². The largest absolute Gasteiger partial charge is 0.485 e. The first-order valence-electron chi connectivity index (χ1n) is 8.97. The van der Waals surface area contributed by atoms with Gasteiger partial charge in [-0.3, -0.25) is 4.79 Å². The van der Waals surface area contributed by atoms with Gasteiger partial charge in [-0.05, 0) is 47.7 Å². The summed E-state index contributed by atoms with van der Waals surface area (Å²) in [4.78, 5) is 26.3. The number of pyridine rings is 1. The second kappa shape index (κ2) is 10.1. The Bertz CT molecular complexity index is 869. The number of benzene rings is 1. The number of nitrogens with two attached hydrogens (primary N) is 1. The molecule has 1 atom stereocenters. The molecule has 1 heterocycles. The molecule has 1 aromatic carbocycles. The van der Waals surface area contributed by atoms with Crippen LogP contribution in [0.4, 0.5) is 15.0 Å². The molecule has 0 radical (unpaired) electrons. The van der Waals surface area contributed by atoms with Crippen molar-refractivity contribution in [1.82, 2.24) is 4.98 Å². The normalized spacial score (nSPS) is 11.8. The molecular weight excluding hydrogens is 401 g/mol. The number of hydrogen-bond acceptors (Lipinski definition) is 5. The van der Waals surface area contributed by atoms with Gasteiger partial charge in [0.05, 0.1) is 5.02 Å². The summed E-state index contributed by atoms with van der Waals surface area (Å²) in [7, 11) is 0. The first-order valence-corrected chi connectivity index (χ1v) is 9.35. The summed E-state index contributed by atoms with van der Waals surface area (Å²) in [6, 6.07) is 6.07. The van der Waals surface area contributed by atoms with Crippen molar-refractivity contribution >= 4 is 29.4 Å². The van der Waals surface area contributed by atoms with E-state index < -0.39 is 18.0 Å². The molecule has 0 saturated carbocycles. The molecule has 0 saturated heterocycles. The van der Waals surface area contributed by atoms with Crippen molar-refractivity contribution in [2.45, 2.75) is 33.3 Å². The van der Waals surface area contributed by atoms with E-state index in [2.05, 4.69) is 10.3 Å². The number of aromatic nitrogens is 1. The van der Waals surface area contributed by atoms with Crippen molar-refractivity contribution in [3.05, 3.63) is 41.3 Å². The van der Waals surface area contributed by atoms with E-state index in [4.69, 9.17) is 26.8 Å². The van der Waals surface area contributed by atoms with E-state index in [-0.39, 0.29) is 29.2 Å². The minimum absolute atomic E-state index is 0.0558. The van der Waals surface area contributed by atoms with E-state index >= 15 is 0 Å². The summed E-state index contributed by atoms with van der Waals surface area (Å²) in [5.74, 6) is -0.528. The molecule has 7 nitrogen and oxygen atoms in total. The first kappa shape index (κ1) is 22.4. The van der Waals surface area contributed by atoms with Gasteiger partial charge in [0, 0.05) is 13.1 Å². The average molecular weight is 424 g/mol. The lowest BCUT2D eigenvalue weighted by atomic mass is 10.1. The standard InChI is InChI=1S/C20H23ClFN3O4/c1-11(2)6-15(29-20(23)27)10-28-19-16(21)7-14(8-17(19)22)13-4-5-24-18(9-13)25-12(3)26/h4-5,7-9,11,15H,6,10H2,1-3H3,(H2,23,27)(H,24,25,26). The van der Waals surface area contributed by atoms with Crippen LogP contribution in [-0.2, 0) is 9.53 Å². The molecule has 1 aromatic heterocycles. The first-order chi connectivity index (χ1) is 13.7. The lowest BCUT2D eigenvalue weighted by Crippen LogP contribution is -2.29. The Labute approximate surface area is 173 Å². The zero-order chi connectivity index (χ0) is 21.6. The number of amides is 2. The summed E-state index contributed by atoms with van der Waals surface area (Å²) >= 11 is 6.22. The molecule has 0 bridgehead atoms. The Kier molecular flexibility index (Phi) is 7.78. The highest BCUT2D eigenvalue weighted by Crippen LogP contribution is 2.34. The fraction of sp³-hybridized carbons (Fsp3) is 0.350. The number of nitrogens with zero attached hydrogens (tertiary/aromatic N) is 1. The predicted octanol–water partition coefficient (Wildman–Crippen LogP) is 4.39. The van der Waals surface area contributed by atoms with E-state index in [0.29, 0.717) is 23.4 Å².